The summed E-state index contributed by atoms with van der Waals surface area (Å²) in [5.74, 6) is 2.07. The number of rotatable bonds is 5. The van der Waals surface area contributed by atoms with Gasteiger partial charge in [-0.15, -0.1) is 0 Å². The highest BCUT2D eigenvalue weighted by atomic mass is 32.2. The summed E-state index contributed by atoms with van der Waals surface area (Å²) in [6.07, 6.45) is 8.64. The van der Waals surface area contributed by atoms with E-state index < -0.39 is 10.8 Å². The zero-order valence-corrected chi connectivity index (χ0v) is 15.4. The number of benzene rings is 1. The predicted octanol–water partition coefficient (Wildman–Crippen LogP) is 3.11. The Kier molecular flexibility index (Phi) is 4.05. The molecule has 136 valence electrons. The molecule has 3 heterocycles. The maximum atomic E-state index is 12.5. The summed E-state index contributed by atoms with van der Waals surface area (Å²) in [6.45, 7) is 0. The molecule has 27 heavy (non-hydrogen) atoms. The molecule has 0 amide bonds. The highest BCUT2D eigenvalue weighted by Crippen LogP contribution is 2.29. The second kappa shape index (κ2) is 6.70. The lowest BCUT2D eigenvalue weighted by atomic mass is 9.87. The molecule has 1 N–H and O–H groups in total. The lowest BCUT2D eigenvalue weighted by Crippen LogP contribution is -2.18. The van der Waals surface area contributed by atoms with Crippen LogP contribution < -0.4 is 0 Å². The average molecular weight is 378 g/mol. The Morgan fingerprint density at radius 2 is 2.00 bits per heavy atom. The van der Waals surface area contributed by atoms with Crippen molar-refractivity contribution in [2.24, 2.45) is 5.92 Å². The largest absolute Gasteiger partial charge is 0.259 e. The van der Waals surface area contributed by atoms with E-state index in [1.807, 2.05) is 30.3 Å². The first-order valence-corrected chi connectivity index (χ1v) is 10.3. The molecule has 8 heteroatoms. The van der Waals surface area contributed by atoms with Crippen LogP contribution in [0.15, 0.2) is 53.9 Å². The molecule has 0 bridgehead atoms. The van der Waals surface area contributed by atoms with Crippen molar-refractivity contribution in [3.05, 3.63) is 49.1 Å². The molecular weight excluding hydrogens is 360 g/mol. The summed E-state index contributed by atoms with van der Waals surface area (Å²) in [6, 6.07) is 9.81. The highest BCUT2D eigenvalue weighted by molar-refractivity contribution is 7.85. The second-order valence-electron chi connectivity index (χ2n) is 6.83. The first-order chi connectivity index (χ1) is 13.3. The lowest BCUT2D eigenvalue weighted by molar-refractivity contribution is 0.350. The number of pyridine rings is 1. The van der Waals surface area contributed by atoms with E-state index in [0.29, 0.717) is 5.92 Å². The number of nitrogens with one attached hydrogen (secondary N) is 1. The highest BCUT2D eigenvalue weighted by Gasteiger charge is 2.21. The topological polar surface area (TPSA) is 89.3 Å². The summed E-state index contributed by atoms with van der Waals surface area (Å²) >= 11 is 0. The van der Waals surface area contributed by atoms with Gasteiger partial charge in [-0.2, -0.15) is 10.2 Å². The third-order valence-electron chi connectivity index (χ3n) is 5.06. The first-order valence-electron chi connectivity index (χ1n) is 8.96. The third-order valence-corrected chi connectivity index (χ3v) is 6.58. The number of fused-ring (bicyclic) bond motifs is 1. The fourth-order valence-corrected chi connectivity index (χ4v) is 4.67. The minimum atomic E-state index is -0.990. The van der Waals surface area contributed by atoms with E-state index in [1.165, 1.54) is 25.6 Å². The minimum absolute atomic E-state index is 0.604. The molecule has 0 radical (unpaired) electrons. The van der Waals surface area contributed by atoms with E-state index in [1.54, 1.807) is 17.1 Å². The Bertz CT molecular complexity index is 1100. The van der Waals surface area contributed by atoms with Crippen molar-refractivity contribution in [1.82, 2.24) is 29.9 Å². The van der Waals surface area contributed by atoms with Gasteiger partial charge in [0.05, 0.1) is 27.6 Å². The van der Waals surface area contributed by atoms with Gasteiger partial charge in [0.25, 0.3) is 0 Å². The van der Waals surface area contributed by atoms with E-state index in [0.717, 1.165) is 38.8 Å². The van der Waals surface area contributed by atoms with Crippen LogP contribution in [0.3, 0.4) is 0 Å². The molecule has 1 atom stereocenters. The molecule has 0 spiro atoms. The Morgan fingerprint density at radius 3 is 2.70 bits per heavy atom. The number of aromatic nitrogens is 6. The maximum absolute atomic E-state index is 12.5. The Morgan fingerprint density at radius 1 is 1.15 bits per heavy atom. The molecule has 1 aromatic carbocycles. The summed E-state index contributed by atoms with van der Waals surface area (Å²) in [5, 5.41) is 12.1. The van der Waals surface area contributed by atoms with E-state index >= 15 is 0 Å². The normalized spacial score (nSPS) is 15.7. The molecule has 5 rings (SSSR count). The zero-order chi connectivity index (χ0) is 18.2. The van der Waals surface area contributed by atoms with Gasteiger partial charge < -0.3 is 0 Å². The van der Waals surface area contributed by atoms with Crippen molar-refractivity contribution in [3.8, 4) is 17.1 Å². The Hall–Kier alpha value is -2.87. The van der Waals surface area contributed by atoms with Gasteiger partial charge in [-0.25, -0.2) is 14.6 Å². The van der Waals surface area contributed by atoms with Crippen LogP contribution in [0.1, 0.15) is 19.3 Å². The third kappa shape index (κ3) is 3.06. The van der Waals surface area contributed by atoms with Crippen LogP contribution in [0.2, 0.25) is 0 Å². The van der Waals surface area contributed by atoms with Crippen molar-refractivity contribution in [2.45, 2.75) is 24.2 Å². The van der Waals surface area contributed by atoms with Gasteiger partial charge in [0, 0.05) is 22.9 Å². The number of aromatic amines is 1. The van der Waals surface area contributed by atoms with Crippen molar-refractivity contribution in [3.63, 3.8) is 0 Å². The zero-order valence-electron chi connectivity index (χ0n) is 14.6. The van der Waals surface area contributed by atoms with Gasteiger partial charge >= 0.3 is 0 Å². The molecule has 4 aromatic rings. The van der Waals surface area contributed by atoms with Crippen molar-refractivity contribution in [2.75, 3.05) is 5.75 Å². The van der Waals surface area contributed by atoms with Crippen LogP contribution in [0.5, 0.6) is 0 Å². The van der Waals surface area contributed by atoms with Crippen LogP contribution >= 0.6 is 0 Å². The van der Waals surface area contributed by atoms with E-state index in [-0.39, 0.29) is 0 Å². The van der Waals surface area contributed by atoms with Crippen molar-refractivity contribution < 1.29 is 4.21 Å². The fraction of sp³-hybridized carbons (Fsp3) is 0.263. The van der Waals surface area contributed by atoms with Gasteiger partial charge in [0.15, 0.2) is 11.5 Å². The van der Waals surface area contributed by atoms with E-state index in [9.17, 15) is 4.21 Å². The number of nitrogens with zero attached hydrogens (tertiary/aromatic N) is 5. The minimum Gasteiger partial charge on any atom is -0.259 e. The monoisotopic (exact) mass is 378 g/mol. The molecule has 0 saturated heterocycles. The molecule has 3 aromatic heterocycles. The quantitative estimate of drug-likeness (QED) is 0.576. The van der Waals surface area contributed by atoms with Crippen LogP contribution in [-0.2, 0) is 10.8 Å². The average Bonchev–Trinajstić information content (AvgIpc) is 3.34. The van der Waals surface area contributed by atoms with Gasteiger partial charge in [0.2, 0.25) is 0 Å². The summed E-state index contributed by atoms with van der Waals surface area (Å²) in [4.78, 5) is 9.48. The number of hydrogen-bond acceptors (Lipinski definition) is 5. The number of H-pyrrole nitrogens is 1. The molecule has 1 aliphatic rings. The molecule has 1 fully saturated rings. The summed E-state index contributed by atoms with van der Waals surface area (Å²) in [5.41, 5.74) is 2.62. The fourth-order valence-electron chi connectivity index (χ4n) is 3.29. The smallest absolute Gasteiger partial charge is 0.162 e. The molecular formula is C19H18N6OS. The Balaban J connectivity index is 1.43. The van der Waals surface area contributed by atoms with Gasteiger partial charge in [-0.05, 0) is 49.1 Å². The molecule has 1 aliphatic carbocycles. The van der Waals surface area contributed by atoms with E-state index in [4.69, 9.17) is 0 Å². The van der Waals surface area contributed by atoms with E-state index in [2.05, 4.69) is 25.3 Å². The first kappa shape index (κ1) is 16.3. The van der Waals surface area contributed by atoms with Gasteiger partial charge in [0.1, 0.15) is 6.33 Å². The SMILES string of the molecule is O=S(CC1CCC1)c1cnc2c(cnn2-c2ccc(-c3ncn[nH]3)cc2)c1. The van der Waals surface area contributed by atoms with Crippen LogP contribution in [-0.4, -0.2) is 39.9 Å². The van der Waals surface area contributed by atoms with Crippen molar-refractivity contribution >= 4 is 21.8 Å². The molecule has 7 nitrogen and oxygen atoms in total. The summed E-state index contributed by atoms with van der Waals surface area (Å²) in [7, 11) is -0.990. The van der Waals surface area contributed by atoms with Crippen LogP contribution in [0.25, 0.3) is 28.1 Å². The lowest BCUT2D eigenvalue weighted by Gasteiger charge is -2.24. The van der Waals surface area contributed by atoms with Crippen molar-refractivity contribution in [1.29, 1.82) is 0 Å². The maximum Gasteiger partial charge on any atom is 0.162 e. The predicted molar refractivity (Wildman–Crippen MR) is 103 cm³/mol. The molecule has 0 aliphatic heterocycles. The van der Waals surface area contributed by atoms with Crippen LogP contribution in [0, 0.1) is 5.92 Å². The molecule has 1 unspecified atom stereocenters. The van der Waals surface area contributed by atoms with Gasteiger partial charge in [-0.3, -0.25) is 9.31 Å². The summed E-state index contributed by atoms with van der Waals surface area (Å²) < 4.78 is 14.3. The Labute approximate surface area is 158 Å². The van der Waals surface area contributed by atoms with Gasteiger partial charge in [-0.1, -0.05) is 6.42 Å². The molecule has 1 saturated carbocycles. The second-order valence-corrected chi connectivity index (χ2v) is 8.33. The standard InChI is InChI=1S/C19H18N6OS/c26-27(11-13-2-1-3-13)17-8-15-9-23-25(19(15)20-10-17)16-6-4-14(5-7-16)18-21-12-22-24-18/h4-10,12-13H,1-3,11H2,(H,21,22,24). The number of hydrogen-bond donors (Lipinski definition) is 1. The van der Waals surface area contributed by atoms with Crippen LogP contribution in [0.4, 0.5) is 0 Å².